The van der Waals surface area contributed by atoms with Crippen LogP contribution in [0.15, 0.2) is 24.5 Å². The number of amides is 1. The first-order valence-electron chi connectivity index (χ1n) is 5.70. The highest BCUT2D eigenvalue weighted by Gasteiger charge is 2.18. The van der Waals surface area contributed by atoms with Crippen LogP contribution in [0, 0.1) is 0 Å². The Hall–Kier alpha value is -1.46. The van der Waals surface area contributed by atoms with Crippen LogP contribution in [0.2, 0.25) is 0 Å². The molecule has 0 aliphatic carbocycles. The van der Waals surface area contributed by atoms with Crippen molar-refractivity contribution in [1.29, 1.82) is 0 Å². The van der Waals surface area contributed by atoms with Crippen molar-refractivity contribution in [2.75, 3.05) is 38.0 Å². The summed E-state index contributed by atoms with van der Waals surface area (Å²) in [6, 6.07) is 3.67. The zero-order valence-electron chi connectivity index (χ0n) is 9.28. The summed E-state index contributed by atoms with van der Waals surface area (Å²) in [5.41, 5.74) is 0.774. The van der Waals surface area contributed by atoms with Crippen molar-refractivity contribution in [3.8, 4) is 0 Å². The highest BCUT2D eigenvalue weighted by atomic mass is 16.2. The van der Waals surface area contributed by atoms with Gasteiger partial charge in [0, 0.05) is 6.20 Å². The molecule has 1 saturated heterocycles. The second-order valence-corrected chi connectivity index (χ2v) is 4.08. The molecule has 86 valence electrons. The number of carbonyl (C=O) groups excluding carboxylic acids is 1. The summed E-state index contributed by atoms with van der Waals surface area (Å²) in [7, 11) is 0. The van der Waals surface area contributed by atoms with Crippen LogP contribution in [-0.4, -0.2) is 43.6 Å². The molecule has 2 heterocycles. The fourth-order valence-electron chi connectivity index (χ4n) is 1.93. The van der Waals surface area contributed by atoms with Crippen molar-refractivity contribution in [3.05, 3.63) is 24.5 Å². The van der Waals surface area contributed by atoms with E-state index in [0.717, 1.165) is 31.9 Å². The van der Waals surface area contributed by atoms with Gasteiger partial charge in [-0.2, -0.15) is 0 Å². The first-order valence-corrected chi connectivity index (χ1v) is 5.70. The average molecular weight is 222 g/mol. The van der Waals surface area contributed by atoms with E-state index >= 15 is 0 Å². The summed E-state index contributed by atoms with van der Waals surface area (Å²) in [6.07, 6.45) is 3.36. The van der Waals surface area contributed by atoms with E-state index in [9.17, 15) is 4.79 Å². The number of hydrogen-bond acceptors (Lipinski definition) is 2. The molecule has 0 unspecified atom stereocenters. The smallest absolute Gasteiger partial charge is 0.279 e. The fourth-order valence-corrected chi connectivity index (χ4v) is 1.93. The van der Waals surface area contributed by atoms with Crippen LogP contribution in [0.3, 0.4) is 0 Å². The first kappa shape index (κ1) is 11.0. The number of anilines is 1. The first-order chi connectivity index (χ1) is 7.84. The Balaban J connectivity index is 1.80. The van der Waals surface area contributed by atoms with Gasteiger partial charge < -0.3 is 15.5 Å². The highest BCUT2D eigenvalue weighted by molar-refractivity contribution is 5.91. The number of rotatable bonds is 3. The number of piperazine rings is 1. The lowest BCUT2D eigenvalue weighted by Crippen LogP contribution is -3.21. The Bertz CT molecular complexity index is 335. The number of hydrogen-bond donors (Lipinski definition) is 3. The van der Waals surface area contributed by atoms with Crippen LogP contribution >= 0.6 is 0 Å². The number of aromatic nitrogens is 1. The van der Waals surface area contributed by atoms with Gasteiger partial charge >= 0.3 is 0 Å². The molecule has 1 fully saturated rings. The fraction of sp³-hybridized carbons (Fsp3) is 0.455. The van der Waals surface area contributed by atoms with E-state index < -0.39 is 0 Å². The number of nitrogens with two attached hydrogens (primary N) is 1. The molecule has 0 atom stereocenters. The minimum atomic E-state index is 0.0740. The quantitative estimate of drug-likeness (QED) is 0.529. The second-order valence-electron chi connectivity index (χ2n) is 4.08. The Morgan fingerprint density at radius 2 is 2.31 bits per heavy atom. The van der Waals surface area contributed by atoms with E-state index in [4.69, 9.17) is 0 Å². The number of pyridine rings is 1. The Kier molecular flexibility index (Phi) is 3.85. The maximum Gasteiger partial charge on any atom is 0.279 e. The minimum Gasteiger partial charge on any atom is -0.337 e. The molecule has 1 aliphatic heterocycles. The molecule has 1 aliphatic rings. The van der Waals surface area contributed by atoms with Crippen LogP contribution in [-0.2, 0) is 4.79 Å². The van der Waals surface area contributed by atoms with Gasteiger partial charge in [-0.05, 0) is 12.1 Å². The van der Waals surface area contributed by atoms with E-state index in [0.29, 0.717) is 6.54 Å². The molecule has 0 radical (unpaired) electrons. The molecule has 5 heteroatoms. The number of carbonyl (C=O) groups is 1. The predicted molar refractivity (Wildman–Crippen MR) is 60.1 cm³/mol. The maximum absolute atomic E-state index is 11.7. The van der Waals surface area contributed by atoms with Crippen molar-refractivity contribution in [3.63, 3.8) is 0 Å². The van der Waals surface area contributed by atoms with E-state index in [1.54, 1.807) is 12.4 Å². The van der Waals surface area contributed by atoms with Gasteiger partial charge in [-0.15, -0.1) is 0 Å². The van der Waals surface area contributed by atoms with Crippen molar-refractivity contribution in [2.45, 2.75) is 0 Å². The topological polar surface area (TPSA) is 63.0 Å². The van der Waals surface area contributed by atoms with Gasteiger partial charge in [0.1, 0.15) is 26.2 Å². The third kappa shape index (κ3) is 3.29. The molecule has 0 spiro atoms. The van der Waals surface area contributed by atoms with E-state index in [-0.39, 0.29) is 5.91 Å². The summed E-state index contributed by atoms with van der Waals surface area (Å²) in [5.74, 6) is 0.0740. The number of nitrogens with zero attached hydrogens (tertiary/aromatic N) is 1. The largest absolute Gasteiger partial charge is 0.337 e. The van der Waals surface area contributed by atoms with Crippen molar-refractivity contribution in [1.82, 2.24) is 4.98 Å². The Morgan fingerprint density at radius 3 is 3.00 bits per heavy atom. The molecular weight excluding hydrogens is 204 g/mol. The van der Waals surface area contributed by atoms with Gasteiger partial charge in [0.05, 0.1) is 11.9 Å². The zero-order chi connectivity index (χ0) is 11.2. The summed E-state index contributed by atoms with van der Waals surface area (Å²) >= 11 is 0. The molecule has 1 aromatic rings. The molecule has 1 aromatic heterocycles. The van der Waals surface area contributed by atoms with Gasteiger partial charge in [-0.1, -0.05) is 0 Å². The Labute approximate surface area is 94.9 Å². The second kappa shape index (κ2) is 5.58. The van der Waals surface area contributed by atoms with Crippen molar-refractivity contribution in [2.24, 2.45) is 0 Å². The number of nitrogens with one attached hydrogen (secondary N) is 2. The van der Waals surface area contributed by atoms with E-state index in [1.165, 1.54) is 4.90 Å². The normalized spacial score (nSPS) is 17.0. The molecular formula is C11H18N4O+2. The van der Waals surface area contributed by atoms with E-state index in [1.807, 2.05) is 12.1 Å². The Morgan fingerprint density at radius 1 is 1.50 bits per heavy atom. The third-order valence-electron chi connectivity index (χ3n) is 2.76. The predicted octanol–water partition coefficient (Wildman–Crippen LogP) is -2.52. The average Bonchev–Trinajstić information content (AvgIpc) is 2.31. The van der Waals surface area contributed by atoms with Gasteiger partial charge in [-0.25, -0.2) is 0 Å². The minimum absolute atomic E-state index is 0.0740. The van der Waals surface area contributed by atoms with Crippen LogP contribution < -0.4 is 15.5 Å². The lowest BCUT2D eigenvalue weighted by molar-refractivity contribution is -0.940. The van der Waals surface area contributed by atoms with Crippen molar-refractivity contribution >= 4 is 11.6 Å². The molecule has 1 amide bonds. The van der Waals surface area contributed by atoms with Gasteiger partial charge in [0.15, 0.2) is 6.54 Å². The van der Waals surface area contributed by atoms with Crippen LogP contribution in [0.5, 0.6) is 0 Å². The molecule has 0 saturated carbocycles. The molecule has 0 bridgehead atoms. The maximum atomic E-state index is 11.7. The van der Waals surface area contributed by atoms with Gasteiger partial charge in [0.25, 0.3) is 5.91 Å². The van der Waals surface area contributed by atoms with Crippen molar-refractivity contribution < 1.29 is 15.0 Å². The molecule has 5 nitrogen and oxygen atoms in total. The lowest BCUT2D eigenvalue weighted by Gasteiger charge is -2.21. The summed E-state index contributed by atoms with van der Waals surface area (Å²) in [5, 5.41) is 5.15. The summed E-state index contributed by atoms with van der Waals surface area (Å²) in [6.45, 7) is 4.94. The molecule has 4 N–H and O–H groups in total. The van der Waals surface area contributed by atoms with Crippen LogP contribution in [0.25, 0.3) is 0 Å². The standard InChI is InChI=1S/C11H16N4O/c16-11(9-15-6-4-12-5-7-15)14-10-2-1-3-13-8-10/h1-3,8,12H,4-7,9H2,(H,14,16)/p+2. The van der Waals surface area contributed by atoms with Gasteiger partial charge in [0.2, 0.25) is 0 Å². The third-order valence-corrected chi connectivity index (χ3v) is 2.76. The summed E-state index contributed by atoms with van der Waals surface area (Å²) in [4.78, 5) is 17.0. The zero-order valence-corrected chi connectivity index (χ0v) is 9.28. The number of quaternary nitrogens is 2. The highest BCUT2D eigenvalue weighted by Crippen LogP contribution is 2.00. The van der Waals surface area contributed by atoms with Gasteiger partial charge in [-0.3, -0.25) is 9.78 Å². The molecule has 2 rings (SSSR count). The van der Waals surface area contributed by atoms with E-state index in [2.05, 4.69) is 15.6 Å². The molecule has 16 heavy (non-hydrogen) atoms. The van der Waals surface area contributed by atoms with Crippen LogP contribution in [0.1, 0.15) is 0 Å². The molecule has 0 aromatic carbocycles. The lowest BCUT2D eigenvalue weighted by atomic mass is 10.3. The summed E-state index contributed by atoms with van der Waals surface area (Å²) < 4.78 is 0. The van der Waals surface area contributed by atoms with Crippen LogP contribution in [0.4, 0.5) is 5.69 Å². The SMILES string of the molecule is O=C(C[NH+]1CC[NH2+]CC1)Nc1cccnc1. The monoisotopic (exact) mass is 222 g/mol.